The molecule has 0 spiro atoms. The van der Waals surface area contributed by atoms with Crippen LogP contribution in [0.2, 0.25) is 0 Å². The Morgan fingerprint density at radius 2 is 1.35 bits per heavy atom. The standard InChI is InChI=1S/C12H21O7P/c1-5-9(13)20(16,19-8-4)10(11(14)17-6-2)12(15)18-7-3/h10H,5-8H2,1-4H3. The predicted octanol–water partition coefficient (Wildman–Crippen LogP) is 1.73. The van der Waals surface area contributed by atoms with E-state index in [0.717, 1.165) is 0 Å². The van der Waals surface area contributed by atoms with Crippen molar-refractivity contribution >= 4 is 24.8 Å². The monoisotopic (exact) mass is 308 g/mol. The zero-order valence-corrected chi connectivity index (χ0v) is 13.1. The molecule has 0 saturated carbocycles. The Hall–Kier alpha value is -1.20. The fraction of sp³-hybridized carbons (Fsp3) is 0.750. The van der Waals surface area contributed by atoms with E-state index in [-0.39, 0.29) is 26.2 Å². The molecular weight excluding hydrogens is 287 g/mol. The first-order valence-electron chi connectivity index (χ1n) is 6.49. The maximum absolute atomic E-state index is 12.7. The molecule has 0 aliphatic heterocycles. The number of esters is 2. The first-order valence-corrected chi connectivity index (χ1v) is 8.19. The highest BCUT2D eigenvalue weighted by Gasteiger charge is 2.51. The van der Waals surface area contributed by atoms with Crippen molar-refractivity contribution in [1.29, 1.82) is 0 Å². The van der Waals surface area contributed by atoms with Gasteiger partial charge in [-0.1, -0.05) is 6.92 Å². The minimum absolute atomic E-state index is 0.0127. The molecule has 8 heteroatoms. The molecule has 0 aliphatic carbocycles. The lowest BCUT2D eigenvalue weighted by molar-refractivity contribution is -0.153. The van der Waals surface area contributed by atoms with E-state index in [9.17, 15) is 18.9 Å². The molecule has 0 aliphatic rings. The molecule has 0 N–H and O–H groups in total. The van der Waals surface area contributed by atoms with E-state index < -0.39 is 30.5 Å². The lowest BCUT2D eigenvalue weighted by Gasteiger charge is -2.22. The average Bonchev–Trinajstić information content (AvgIpc) is 2.38. The summed E-state index contributed by atoms with van der Waals surface area (Å²) in [6.07, 6.45) is -0.118. The normalized spacial score (nSPS) is 13.7. The Morgan fingerprint density at radius 1 is 0.900 bits per heavy atom. The van der Waals surface area contributed by atoms with Crippen molar-refractivity contribution in [3.63, 3.8) is 0 Å². The highest BCUT2D eigenvalue weighted by atomic mass is 31.2. The summed E-state index contributed by atoms with van der Waals surface area (Å²) in [7, 11) is -4.18. The van der Waals surface area contributed by atoms with Crippen LogP contribution in [0, 0.1) is 0 Å². The SMILES string of the molecule is CCOC(=O)C(C(=O)OCC)P(=O)(OCC)C(=O)CC. The quantitative estimate of drug-likeness (QED) is 0.363. The summed E-state index contributed by atoms with van der Waals surface area (Å²) in [6, 6.07) is 0. The van der Waals surface area contributed by atoms with Crippen molar-refractivity contribution < 1.29 is 32.9 Å². The first kappa shape index (κ1) is 18.8. The Morgan fingerprint density at radius 3 is 1.65 bits per heavy atom. The van der Waals surface area contributed by atoms with Gasteiger partial charge in [0.1, 0.15) is 0 Å². The van der Waals surface area contributed by atoms with Gasteiger partial charge in [0.15, 0.2) is 0 Å². The smallest absolute Gasteiger partial charge is 0.330 e. The van der Waals surface area contributed by atoms with Crippen LogP contribution in [0.3, 0.4) is 0 Å². The highest BCUT2D eigenvalue weighted by Crippen LogP contribution is 2.54. The minimum Gasteiger partial charge on any atom is -0.465 e. The van der Waals surface area contributed by atoms with Crippen LogP contribution >= 0.6 is 7.37 Å². The summed E-state index contributed by atoms with van der Waals surface area (Å²) in [6.45, 7) is 5.96. The average molecular weight is 308 g/mol. The zero-order valence-electron chi connectivity index (χ0n) is 12.2. The van der Waals surface area contributed by atoms with Crippen molar-refractivity contribution in [2.75, 3.05) is 19.8 Å². The second kappa shape index (κ2) is 8.87. The molecular formula is C12H21O7P. The largest absolute Gasteiger partial charge is 0.465 e. The van der Waals surface area contributed by atoms with E-state index in [2.05, 4.69) is 0 Å². The van der Waals surface area contributed by atoms with Gasteiger partial charge in [0, 0.05) is 6.42 Å². The van der Waals surface area contributed by atoms with Gasteiger partial charge in [-0.25, -0.2) is 0 Å². The maximum atomic E-state index is 12.7. The van der Waals surface area contributed by atoms with Crippen LogP contribution in [0.25, 0.3) is 0 Å². The third-order valence-corrected chi connectivity index (χ3v) is 5.09. The fourth-order valence-electron chi connectivity index (χ4n) is 1.52. The molecule has 0 aromatic carbocycles. The van der Waals surface area contributed by atoms with Gasteiger partial charge >= 0.3 is 11.9 Å². The van der Waals surface area contributed by atoms with Gasteiger partial charge in [-0.2, -0.15) is 0 Å². The van der Waals surface area contributed by atoms with Gasteiger partial charge in [-0.3, -0.25) is 18.9 Å². The van der Waals surface area contributed by atoms with Gasteiger partial charge in [-0.15, -0.1) is 0 Å². The number of hydrogen-bond acceptors (Lipinski definition) is 7. The van der Waals surface area contributed by atoms with Crippen LogP contribution < -0.4 is 0 Å². The van der Waals surface area contributed by atoms with Crippen molar-refractivity contribution in [2.24, 2.45) is 0 Å². The topological polar surface area (TPSA) is 96.0 Å². The van der Waals surface area contributed by atoms with Gasteiger partial charge in [0.05, 0.1) is 19.8 Å². The number of hydrogen-bond donors (Lipinski definition) is 0. The number of rotatable bonds is 9. The molecule has 0 aromatic heterocycles. The molecule has 1 atom stereocenters. The number of ether oxygens (including phenoxy) is 2. The van der Waals surface area contributed by atoms with Crippen LogP contribution in [0.1, 0.15) is 34.1 Å². The number of carbonyl (C=O) groups excluding carboxylic acids is 3. The molecule has 20 heavy (non-hydrogen) atoms. The third kappa shape index (κ3) is 4.42. The summed E-state index contributed by atoms with van der Waals surface area (Å²) in [4.78, 5) is 35.6. The van der Waals surface area contributed by atoms with Gasteiger partial charge in [0.25, 0.3) is 7.37 Å². The maximum Gasteiger partial charge on any atom is 0.330 e. The van der Waals surface area contributed by atoms with Crippen molar-refractivity contribution in [3.8, 4) is 0 Å². The van der Waals surface area contributed by atoms with Crippen LogP contribution in [-0.4, -0.2) is 42.9 Å². The molecule has 0 rings (SSSR count). The van der Waals surface area contributed by atoms with Crippen LogP contribution in [0.15, 0.2) is 0 Å². The molecule has 0 radical (unpaired) electrons. The molecule has 116 valence electrons. The first-order chi connectivity index (χ1) is 9.38. The van der Waals surface area contributed by atoms with Crippen LogP contribution in [0.4, 0.5) is 0 Å². The molecule has 0 bridgehead atoms. The Kier molecular flexibility index (Phi) is 8.34. The lowest BCUT2D eigenvalue weighted by Crippen LogP contribution is -2.36. The van der Waals surface area contributed by atoms with E-state index in [1.165, 1.54) is 27.7 Å². The van der Waals surface area contributed by atoms with Gasteiger partial charge in [0.2, 0.25) is 11.2 Å². The Bertz CT molecular complexity index is 387. The molecule has 7 nitrogen and oxygen atoms in total. The van der Waals surface area contributed by atoms with Crippen LogP contribution in [-0.2, 0) is 32.9 Å². The molecule has 0 amide bonds. The van der Waals surface area contributed by atoms with Gasteiger partial charge in [-0.05, 0) is 20.8 Å². The highest BCUT2D eigenvalue weighted by molar-refractivity contribution is 7.78. The minimum atomic E-state index is -4.18. The van der Waals surface area contributed by atoms with E-state index in [4.69, 9.17) is 14.0 Å². The van der Waals surface area contributed by atoms with Crippen molar-refractivity contribution in [3.05, 3.63) is 0 Å². The predicted molar refractivity (Wildman–Crippen MR) is 71.6 cm³/mol. The summed E-state index contributed by atoms with van der Waals surface area (Å²) < 4.78 is 27.1. The van der Waals surface area contributed by atoms with E-state index >= 15 is 0 Å². The molecule has 0 fully saturated rings. The molecule has 0 aromatic rings. The van der Waals surface area contributed by atoms with Crippen molar-refractivity contribution in [2.45, 2.75) is 39.8 Å². The summed E-state index contributed by atoms with van der Waals surface area (Å²) in [5.74, 6) is -2.13. The van der Waals surface area contributed by atoms with Gasteiger partial charge < -0.3 is 14.0 Å². The number of carbonyl (C=O) groups is 3. The Labute approximate surface area is 118 Å². The fourth-order valence-corrected chi connectivity index (χ4v) is 3.63. The van der Waals surface area contributed by atoms with Crippen molar-refractivity contribution in [1.82, 2.24) is 0 Å². The second-order valence-corrected chi connectivity index (χ2v) is 6.14. The molecule has 0 heterocycles. The lowest BCUT2D eigenvalue weighted by atomic mass is 10.4. The van der Waals surface area contributed by atoms with E-state index in [0.29, 0.717) is 0 Å². The van der Waals surface area contributed by atoms with E-state index in [1.807, 2.05) is 0 Å². The third-order valence-electron chi connectivity index (χ3n) is 2.33. The molecule has 1 unspecified atom stereocenters. The van der Waals surface area contributed by atoms with E-state index in [1.54, 1.807) is 0 Å². The zero-order chi connectivity index (χ0) is 15.8. The molecule has 0 saturated heterocycles. The van der Waals surface area contributed by atoms with Crippen LogP contribution in [0.5, 0.6) is 0 Å². The second-order valence-electron chi connectivity index (χ2n) is 3.67. The summed E-state index contributed by atoms with van der Waals surface area (Å²) in [5.41, 5.74) is -2.64. The summed E-state index contributed by atoms with van der Waals surface area (Å²) >= 11 is 0. The summed E-state index contributed by atoms with van der Waals surface area (Å²) in [5, 5.41) is 0. The Balaban J connectivity index is 5.64.